The van der Waals surface area contributed by atoms with Crippen LogP contribution < -0.4 is 5.73 Å². The first kappa shape index (κ1) is 17.8. The molecule has 0 unspecified atom stereocenters. The number of rotatable bonds is 4. The number of amides is 1. The third-order valence-electron chi connectivity index (χ3n) is 2.52. The van der Waals surface area contributed by atoms with Crippen molar-refractivity contribution in [3.63, 3.8) is 0 Å². The van der Waals surface area contributed by atoms with Gasteiger partial charge in [-0.15, -0.1) is 0 Å². The standard InChI is InChI=1S/C9H12O.C7H7NO.H2O/c10-8-4-7-9-5-2-1-3-6-9;8-7(9)6-4-2-1-3-5-6;/h1-3,5-6,10H,4,7-8H2;1-5H,(H2,8,9);1H2. The second kappa shape index (κ2) is 10.7. The number of aliphatic hydroxyl groups excluding tert-OH is 1. The SMILES string of the molecule is NC(=O)c1ccccc1.O.OCCCc1ccccc1. The van der Waals surface area contributed by atoms with E-state index in [4.69, 9.17) is 10.8 Å². The first-order chi connectivity index (χ1) is 9.24. The lowest BCUT2D eigenvalue weighted by Gasteiger charge is -1.96. The highest BCUT2D eigenvalue weighted by atomic mass is 16.2. The molecule has 0 saturated heterocycles. The second-order valence-corrected chi connectivity index (χ2v) is 4.04. The molecule has 0 aliphatic rings. The van der Waals surface area contributed by atoms with Crippen LogP contribution in [-0.2, 0) is 6.42 Å². The summed E-state index contributed by atoms with van der Waals surface area (Å²) in [7, 11) is 0. The molecule has 0 atom stereocenters. The van der Waals surface area contributed by atoms with E-state index in [-0.39, 0.29) is 18.0 Å². The van der Waals surface area contributed by atoms with Gasteiger partial charge in [-0.2, -0.15) is 0 Å². The summed E-state index contributed by atoms with van der Waals surface area (Å²) in [5.41, 5.74) is 6.83. The first-order valence-electron chi connectivity index (χ1n) is 6.23. The molecule has 4 nitrogen and oxygen atoms in total. The van der Waals surface area contributed by atoms with Crippen molar-refractivity contribution < 1.29 is 15.4 Å². The maximum atomic E-state index is 10.4. The Hall–Kier alpha value is -2.17. The minimum absolute atomic E-state index is 0. The smallest absolute Gasteiger partial charge is 0.248 e. The Balaban J connectivity index is 0.000000345. The molecule has 0 bridgehead atoms. The Morgan fingerprint density at radius 2 is 1.45 bits per heavy atom. The molecule has 2 aromatic carbocycles. The van der Waals surface area contributed by atoms with Gasteiger partial charge in [-0.3, -0.25) is 4.79 Å². The van der Waals surface area contributed by atoms with Gasteiger partial charge in [0, 0.05) is 12.2 Å². The lowest BCUT2D eigenvalue weighted by Crippen LogP contribution is -2.09. The number of hydrogen-bond donors (Lipinski definition) is 2. The van der Waals surface area contributed by atoms with Crippen LogP contribution in [0.5, 0.6) is 0 Å². The fourth-order valence-electron chi connectivity index (χ4n) is 1.53. The molecule has 0 fully saturated rings. The average molecular weight is 275 g/mol. The molecular weight excluding hydrogens is 254 g/mol. The molecule has 108 valence electrons. The zero-order valence-electron chi connectivity index (χ0n) is 11.3. The van der Waals surface area contributed by atoms with Gasteiger partial charge in [0.25, 0.3) is 0 Å². The number of aryl methyl sites for hydroxylation is 1. The van der Waals surface area contributed by atoms with Crippen molar-refractivity contribution in [2.75, 3.05) is 6.61 Å². The van der Waals surface area contributed by atoms with Crippen molar-refractivity contribution >= 4 is 5.91 Å². The number of hydrogen-bond acceptors (Lipinski definition) is 2. The van der Waals surface area contributed by atoms with Crippen molar-refractivity contribution in [1.29, 1.82) is 0 Å². The molecule has 0 aromatic heterocycles. The van der Waals surface area contributed by atoms with Gasteiger partial charge in [0.1, 0.15) is 0 Å². The van der Waals surface area contributed by atoms with E-state index in [0.717, 1.165) is 12.8 Å². The first-order valence-corrected chi connectivity index (χ1v) is 6.23. The van der Waals surface area contributed by atoms with Crippen LogP contribution in [0, 0.1) is 0 Å². The highest BCUT2D eigenvalue weighted by Crippen LogP contribution is 2.00. The minimum Gasteiger partial charge on any atom is -0.412 e. The Kier molecular flexibility index (Phi) is 9.56. The molecule has 0 saturated carbocycles. The quantitative estimate of drug-likeness (QED) is 0.886. The van der Waals surface area contributed by atoms with E-state index < -0.39 is 0 Å². The molecule has 0 spiro atoms. The molecule has 5 N–H and O–H groups in total. The van der Waals surface area contributed by atoms with E-state index >= 15 is 0 Å². The molecule has 2 aromatic rings. The number of carbonyl (C=O) groups is 1. The molecule has 4 heteroatoms. The maximum Gasteiger partial charge on any atom is 0.248 e. The summed E-state index contributed by atoms with van der Waals surface area (Å²) in [6.45, 7) is 0.287. The average Bonchev–Trinajstić information content (AvgIpc) is 2.48. The van der Waals surface area contributed by atoms with Crippen LogP contribution in [-0.4, -0.2) is 23.1 Å². The van der Waals surface area contributed by atoms with Crippen LogP contribution in [0.1, 0.15) is 22.3 Å². The van der Waals surface area contributed by atoms with E-state index in [1.807, 2.05) is 24.3 Å². The number of primary amides is 1. The van der Waals surface area contributed by atoms with Gasteiger partial charge < -0.3 is 16.3 Å². The van der Waals surface area contributed by atoms with Crippen LogP contribution in [0.2, 0.25) is 0 Å². The van der Waals surface area contributed by atoms with Crippen LogP contribution >= 0.6 is 0 Å². The molecule has 0 radical (unpaired) electrons. The van der Waals surface area contributed by atoms with E-state index in [1.54, 1.807) is 24.3 Å². The molecule has 0 aliphatic carbocycles. The Bertz CT molecular complexity index is 472. The van der Waals surface area contributed by atoms with Crippen LogP contribution in [0.3, 0.4) is 0 Å². The molecule has 2 rings (SSSR count). The molecule has 20 heavy (non-hydrogen) atoms. The fraction of sp³-hybridized carbons (Fsp3) is 0.188. The van der Waals surface area contributed by atoms with Crippen LogP contribution in [0.15, 0.2) is 60.7 Å². The van der Waals surface area contributed by atoms with Crippen LogP contribution in [0.4, 0.5) is 0 Å². The number of benzene rings is 2. The highest BCUT2D eigenvalue weighted by Gasteiger charge is 1.93. The summed E-state index contributed by atoms with van der Waals surface area (Å²) in [6, 6.07) is 19.0. The molecule has 0 heterocycles. The van der Waals surface area contributed by atoms with Crippen molar-refractivity contribution in [2.45, 2.75) is 12.8 Å². The Morgan fingerprint density at radius 1 is 0.950 bits per heavy atom. The number of aliphatic hydroxyl groups is 1. The summed E-state index contributed by atoms with van der Waals surface area (Å²) < 4.78 is 0. The predicted octanol–water partition coefficient (Wildman–Crippen LogP) is 1.57. The Morgan fingerprint density at radius 3 is 1.85 bits per heavy atom. The summed E-state index contributed by atoms with van der Waals surface area (Å²) in [5, 5.41) is 8.53. The minimum atomic E-state index is -0.379. The summed E-state index contributed by atoms with van der Waals surface area (Å²) >= 11 is 0. The van der Waals surface area contributed by atoms with Gasteiger partial charge in [-0.1, -0.05) is 48.5 Å². The maximum absolute atomic E-state index is 10.4. The van der Waals surface area contributed by atoms with Gasteiger partial charge in [0.15, 0.2) is 0 Å². The molecule has 0 aliphatic heterocycles. The molecular formula is C16H21NO3. The largest absolute Gasteiger partial charge is 0.412 e. The van der Waals surface area contributed by atoms with Gasteiger partial charge in [0.2, 0.25) is 5.91 Å². The van der Waals surface area contributed by atoms with E-state index in [2.05, 4.69) is 12.1 Å². The van der Waals surface area contributed by atoms with Gasteiger partial charge in [-0.05, 0) is 30.5 Å². The fourth-order valence-corrected chi connectivity index (χ4v) is 1.53. The summed E-state index contributed by atoms with van der Waals surface area (Å²) in [6.07, 6.45) is 1.85. The lowest BCUT2D eigenvalue weighted by molar-refractivity contribution is 0.100. The monoisotopic (exact) mass is 275 g/mol. The summed E-state index contributed by atoms with van der Waals surface area (Å²) in [4.78, 5) is 10.4. The van der Waals surface area contributed by atoms with Crippen molar-refractivity contribution in [2.24, 2.45) is 5.73 Å². The normalized spacial score (nSPS) is 8.85. The third kappa shape index (κ3) is 7.31. The van der Waals surface area contributed by atoms with Gasteiger partial charge in [0.05, 0.1) is 0 Å². The van der Waals surface area contributed by atoms with Crippen molar-refractivity contribution in [3.05, 3.63) is 71.8 Å². The zero-order chi connectivity index (χ0) is 13.9. The number of carbonyl (C=O) groups excluding carboxylic acids is 1. The van der Waals surface area contributed by atoms with E-state index in [9.17, 15) is 4.79 Å². The lowest BCUT2D eigenvalue weighted by atomic mass is 10.1. The highest BCUT2D eigenvalue weighted by molar-refractivity contribution is 5.92. The second-order valence-electron chi connectivity index (χ2n) is 4.04. The van der Waals surface area contributed by atoms with Gasteiger partial charge in [-0.25, -0.2) is 0 Å². The van der Waals surface area contributed by atoms with E-state index in [0.29, 0.717) is 5.56 Å². The molecule has 1 amide bonds. The summed E-state index contributed by atoms with van der Waals surface area (Å²) in [5.74, 6) is -0.379. The third-order valence-corrected chi connectivity index (χ3v) is 2.52. The van der Waals surface area contributed by atoms with E-state index in [1.165, 1.54) is 5.56 Å². The topological polar surface area (TPSA) is 94.8 Å². The van der Waals surface area contributed by atoms with Gasteiger partial charge >= 0.3 is 0 Å². The van der Waals surface area contributed by atoms with Crippen molar-refractivity contribution in [3.8, 4) is 0 Å². The van der Waals surface area contributed by atoms with Crippen LogP contribution in [0.25, 0.3) is 0 Å². The predicted molar refractivity (Wildman–Crippen MR) is 80.4 cm³/mol. The Labute approximate surface area is 119 Å². The van der Waals surface area contributed by atoms with Crippen molar-refractivity contribution in [1.82, 2.24) is 0 Å². The zero-order valence-corrected chi connectivity index (χ0v) is 11.3. The number of nitrogens with two attached hydrogens (primary N) is 1.